The first-order chi connectivity index (χ1) is 14.4. The summed E-state index contributed by atoms with van der Waals surface area (Å²) in [6, 6.07) is 14.5. The Kier molecular flexibility index (Phi) is 7.49. The zero-order valence-electron chi connectivity index (χ0n) is 17.0. The molecule has 2 aromatic carbocycles. The first-order valence-electron chi connectivity index (χ1n) is 9.50. The fourth-order valence-corrected chi connectivity index (χ4v) is 4.83. The Hall–Kier alpha value is -2.39. The predicted octanol–water partition coefficient (Wildman–Crippen LogP) is 2.94. The maximum Gasteiger partial charge on any atom is 0.241 e. The fourth-order valence-electron chi connectivity index (χ4n) is 3.06. The van der Waals surface area contributed by atoms with E-state index in [2.05, 4.69) is 15.0 Å². The molecule has 0 amide bonds. The van der Waals surface area contributed by atoms with Gasteiger partial charge in [-0.1, -0.05) is 35.9 Å². The van der Waals surface area contributed by atoms with E-state index in [0.29, 0.717) is 18.5 Å². The van der Waals surface area contributed by atoms with Gasteiger partial charge in [-0.15, -0.1) is 0 Å². The van der Waals surface area contributed by atoms with E-state index >= 15 is 0 Å². The molecule has 1 aromatic heterocycles. The highest BCUT2D eigenvalue weighted by Gasteiger charge is 2.16. The fraction of sp³-hybridized carbons (Fsp3) is 0.227. The van der Waals surface area contributed by atoms with Gasteiger partial charge < -0.3 is 5.32 Å². The molecule has 3 aromatic rings. The molecule has 0 aliphatic carbocycles. The molecule has 0 fully saturated rings. The zero-order valence-corrected chi connectivity index (χ0v) is 18.6. The van der Waals surface area contributed by atoms with Gasteiger partial charge in [0, 0.05) is 64.8 Å². The molecule has 2 N–H and O–H groups in total. The monoisotopic (exact) mass is 443 g/mol. The van der Waals surface area contributed by atoms with Crippen LogP contribution in [0, 0.1) is 0 Å². The molecule has 0 saturated heterocycles. The van der Waals surface area contributed by atoms with Gasteiger partial charge in [-0.3, -0.25) is 9.19 Å². The van der Waals surface area contributed by atoms with Crippen LogP contribution in [0.4, 0.5) is 0 Å². The van der Waals surface area contributed by atoms with Crippen molar-refractivity contribution in [3.8, 4) is 0 Å². The van der Waals surface area contributed by atoms with Crippen LogP contribution >= 0.6 is 0 Å². The average Bonchev–Trinajstić information content (AvgIpc) is 2.73. The molecule has 158 valence electrons. The summed E-state index contributed by atoms with van der Waals surface area (Å²) in [7, 11) is -4.58. The van der Waals surface area contributed by atoms with Crippen molar-refractivity contribution in [1.82, 2.24) is 15.0 Å². The summed E-state index contributed by atoms with van der Waals surface area (Å²) in [6.07, 6.45) is 6.95. The summed E-state index contributed by atoms with van der Waals surface area (Å²) < 4.78 is 39.4. The van der Waals surface area contributed by atoms with Gasteiger partial charge in [0.15, 0.2) is 0 Å². The van der Waals surface area contributed by atoms with E-state index in [-0.39, 0.29) is 11.4 Å². The minimum atomic E-state index is -3.60. The molecule has 6 nitrogen and oxygen atoms in total. The van der Waals surface area contributed by atoms with Gasteiger partial charge in [-0.05, 0) is 36.8 Å². The lowest BCUT2D eigenvalue weighted by Crippen LogP contribution is -2.32. The van der Waals surface area contributed by atoms with Gasteiger partial charge >= 0.3 is 0 Å². The van der Waals surface area contributed by atoms with E-state index in [1.807, 2.05) is 43.3 Å². The number of sulfonamides is 1. The van der Waals surface area contributed by atoms with Crippen molar-refractivity contribution in [2.45, 2.75) is 16.7 Å². The quantitative estimate of drug-likeness (QED) is 0.497. The SMILES string of the molecule is CC(=Cc1ccc(S(C)=O)cc1)CNCCNS(=O)(=O)c1cccc2cnccc12. The third kappa shape index (κ3) is 5.82. The van der Waals surface area contributed by atoms with Crippen molar-refractivity contribution in [2.24, 2.45) is 0 Å². The van der Waals surface area contributed by atoms with E-state index in [0.717, 1.165) is 21.4 Å². The van der Waals surface area contributed by atoms with Gasteiger partial charge in [-0.25, -0.2) is 13.1 Å². The highest BCUT2D eigenvalue weighted by Crippen LogP contribution is 2.21. The van der Waals surface area contributed by atoms with Gasteiger partial charge in [-0.2, -0.15) is 0 Å². The number of pyridine rings is 1. The zero-order chi connectivity index (χ0) is 21.6. The molecule has 1 heterocycles. The molecule has 1 unspecified atom stereocenters. The normalized spacial score (nSPS) is 13.5. The summed E-state index contributed by atoms with van der Waals surface area (Å²) in [4.78, 5) is 5.10. The molecule has 0 saturated carbocycles. The second-order valence-corrected chi connectivity index (χ2v) is 10.1. The molecular formula is C22H25N3O3S2. The van der Waals surface area contributed by atoms with Crippen molar-refractivity contribution in [3.63, 3.8) is 0 Å². The highest BCUT2D eigenvalue weighted by atomic mass is 32.2. The summed E-state index contributed by atoms with van der Waals surface area (Å²) in [5.41, 5.74) is 2.15. The number of hydrogen-bond acceptors (Lipinski definition) is 5. The Morgan fingerprint density at radius 3 is 2.60 bits per heavy atom. The average molecular weight is 444 g/mol. The number of aromatic nitrogens is 1. The molecule has 3 rings (SSSR count). The topological polar surface area (TPSA) is 88.2 Å². The smallest absolute Gasteiger partial charge is 0.241 e. The third-order valence-electron chi connectivity index (χ3n) is 4.55. The lowest BCUT2D eigenvalue weighted by Gasteiger charge is -2.10. The van der Waals surface area contributed by atoms with Crippen molar-refractivity contribution < 1.29 is 12.6 Å². The van der Waals surface area contributed by atoms with Crippen LogP contribution < -0.4 is 10.0 Å². The molecule has 0 aliphatic heterocycles. The maximum absolute atomic E-state index is 12.7. The Bertz CT molecular complexity index is 1170. The largest absolute Gasteiger partial charge is 0.312 e. The molecule has 0 bridgehead atoms. The molecule has 0 radical (unpaired) electrons. The molecule has 30 heavy (non-hydrogen) atoms. The summed E-state index contributed by atoms with van der Waals surface area (Å²) in [5, 5.41) is 4.69. The maximum atomic E-state index is 12.7. The lowest BCUT2D eigenvalue weighted by molar-refractivity contribution is 0.579. The first-order valence-corrected chi connectivity index (χ1v) is 12.5. The second-order valence-electron chi connectivity index (χ2n) is 6.94. The summed E-state index contributed by atoms with van der Waals surface area (Å²) >= 11 is 0. The number of nitrogens with one attached hydrogen (secondary N) is 2. The van der Waals surface area contributed by atoms with Crippen molar-refractivity contribution in [2.75, 3.05) is 25.9 Å². The van der Waals surface area contributed by atoms with Crippen LogP contribution in [-0.2, 0) is 20.8 Å². The highest BCUT2D eigenvalue weighted by molar-refractivity contribution is 7.89. The minimum absolute atomic E-state index is 0.259. The Labute approximate surface area is 179 Å². The Morgan fingerprint density at radius 2 is 1.87 bits per heavy atom. The van der Waals surface area contributed by atoms with Crippen LogP contribution in [0.5, 0.6) is 0 Å². The first kappa shape index (κ1) is 22.3. The third-order valence-corrected chi connectivity index (χ3v) is 7.01. The number of benzene rings is 2. The van der Waals surface area contributed by atoms with Gasteiger partial charge in [0.05, 0.1) is 4.90 Å². The van der Waals surface area contributed by atoms with Crippen LogP contribution in [0.15, 0.2) is 76.3 Å². The standard InChI is InChI=1S/C22H25N3O3S2/c1-17(14-18-6-8-20(9-7-18)29(2)26)15-24-12-13-25-30(27,28)22-5-3-4-19-16-23-11-10-21(19)22/h3-11,14,16,24-25H,12-13,15H2,1-2H3. The molecular weight excluding hydrogens is 418 g/mol. The summed E-state index contributed by atoms with van der Waals surface area (Å²) in [5.74, 6) is 0. The van der Waals surface area contributed by atoms with Gasteiger partial charge in [0.1, 0.15) is 0 Å². The van der Waals surface area contributed by atoms with Crippen LogP contribution in [0.25, 0.3) is 16.8 Å². The van der Waals surface area contributed by atoms with E-state index in [1.54, 1.807) is 36.8 Å². The van der Waals surface area contributed by atoms with E-state index in [1.165, 1.54) is 0 Å². The van der Waals surface area contributed by atoms with Crippen LogP contribution in [0.3, 0.4) is 0 Å². The van der Waals surface area contributed by atoms with Crippen LogP contribution in [0.2, 0.25) is 0 Å². The van der Waals surface area contributed by atoms with E-state index in [9.17, 15) is 12.6 Å². The summed E-state index contributed by atoms with van der Waals surface area (Å²) in [6.45, 7) is 3.44. The van der Waals surface area contributed by atoms with Crippen molar-refractivity contribution in [1.29, 1.82) is 0 Å². The van der Waals surface area contributed by atoms with Crippen LogP contribution in [0.1, 0.15) is 12.5 Å². The Balaban J connectivity index is 1.51. The lowest BCUT2D eigenvalue weighted by atomic mass is 10.1. The number of fused-ring (bicyclic) bond motifs is 1. The Morgan fingerprint density at radius 1 is 1.10 bits per heavy atom. The predicted molar refractivity (Wildman–Crippen MR) is 122 cm³/mol. The van der Waals surface area contributed by atoms with E-state index < -0.39 is 20.8 Å². The van der Waals surface area contributed by atoms with Crippen LogP contribution in [-0.4, -0.2) is 43.5 Å². The molecule has 8 heteroatoms. The minimum Gasteiger partial charge on any atom is -0.312 e. The number of hydrogen-bond donors (Lipinski definition) is 2. The second kappa shape index (κ2) is 10.1. The van der Waals surface area contributed by atoms with Crippen molar-refractivity contribution >= 4 is 37.7 Å². The van der Waals surface area contributed by atoms with Crippen molar-refractivity contribution in [3.05, 3.63) is 72.1 Å². The number of nitrogens with zero attached hydrogens (tertiary/aromatic N) is 1. The number of rotatable bonds is 9. The molecule has 0 spiro atoms. The van der Waals surface area contributed by atoms with E-state index in [4.69, 9.17) is 0 Å². The molecule has 1 atom stereocenters. The van der Waals surface area contributed by atoms with Gasteiger partial charge in [0.2, 0.25) is 10.0 Å². The van der Waals surface area contributed by atoms with Gasteiger partial charge in [0.25, 0.3) is 0 Å². The molecule has 0 aliphatic rings.